The average molecular weight is 150 g/mol. The van der Waals surface area contributed by atoms with E-state index in [0.29, 0.717) is 5.92 Å². The van der Waals surface area contributed by atoms with E-state index in [4.69, 9.17) is 10.5 Å². The van der Waals surface area contributed by atoms with Crippen molar-refractivity contribution in [3.63, 3.8) is 0 Å². The van der Waals surface area contributed by atoms with Crippen LogP contribution in [0.1, 0.15) is 6.42 Å². The fraction of sp³-hybridized carbons (Fsp3) is 0.667. The minimum absolute atomic E-state index is 0. The Morgan fingerprint density at radius 1 is 1.89 bits per heavy atom. The molecule has 2 nitrogen and oxygen atoms in total. The van der Waals surface area contributed by atoms with Crippen LogP contribution in [0, 0.1) is 5.92 Å². The first kappa shape index (κ1) is 8.79. The standard InChI is InChI=1S/C6H11NO.ClH/c1-8-4-5-2-6(7)3-5;/h2,5H,3-4,7H2,1H3;1H. The topological polar surface area (TPSA) is 35.2 Å². The molecule has 0 aliphatic heterocycles. The Labute approximate surface area is 61.5 Å². The molecule has 0 aromatic heterocycles. The second-order valence-electron chi connectivity index (χ2n) is 2.16. The van der Waals surface area contributed by atoms with Gasteiger partial charge in [-0.3, -0.25) is 0 Å². The molecular weight excluding hydrogens is 138 g/mol. The van der Waals surface area contributed by atoms with E-state index in [2.05, 4.69) is 0 Å². The molecule has 1 aliphatic rings. The van der Waals surface area contributed by atoms with Crippen molar-refractivity contribution in [1.29, 1.82) is 0 Å². The van der Waals surface area contributed by atoms with Crippen LogP contribution in [-0.2, 0) is 4.74 Å². The summed E-state index contributed by atoms with van der Waals surface area (Å²) >= 11 is 0. The third-order valence-electron chi connectivity index (χ3n) is 1.33. The van der Waals surface area contributed by atoms with Gasteiger partial charge in [0.15, 0.2) is 0 Å². The Kier molecular flexibility index (Phi) is 3.66. The lowest BCUT2D eigenvalue weighted by Crippen LogP contribution is -2.19. The average Bonchev–Trinajstić information content (AvgIpc) is 1.64. The molecule has 2 N–H and O–H groups in total. The minimum Gasteiger partial charge on any atom is -0.402 e. The Hall–Kier alpha value is -0.210. The van der Waals surface area contributed by atoms with Crippen LogP contribution in [0.3, 0.4) is 0 Å². The maximum absolute atomic E-state index is 5.40. The normalized spacial score (nSPS) is 23.7. The molecule has 0 amide bonds. The van der Waals surface area contributed by atoms with E-state index >= 15 is 0 Å². The summed E-state index contributed by atoms with van der Waals surface area (Å²) in [4.78, 5) is 0. The minimum atomic E-state index is 0. The molecule has 0 heterocycles. The maximum Gasteiger partial charge on any atom is 0.0529 e. The van der Waals surface area contributed by atoms with Crippen LogP contribution >= 0.6 is 12.4 Å². The quantitative estimate of drug-likeness (QED) is 0.634. The molecule has 3 heteroatoms. The van der Waals surface area contributed by atoms with Crippen molar-refractivity contribution >= 4 is 12.4 Å². The molecule has 1 atom stereocenters. The van der Waals surface area contributed by atoms with Crippen molar-refractivity contribution < 1.29 is 4.74 Å². The molecule has 0 bridgehead atoms. The van der Waals surface area contributed by atoms with Crippen LogP contribution in [0.4, 0.5) is 0 Å². The fourth-order valence-corrected chi connectivity index (χ4v) is 0.893. The highest BCUT2D eigenvalue weighted by molar-refractivity contribution is 5.85. The first-order valence-electron chi connectivity index (χ1n) is 2.78. The predicted molar refractivity (Wildman–Crippen MR) is 39.5 cm³/mol. The molecule has 0 fully saturated rings. The van der Waals surface area contributed by atoms with Crippen molar-refractivity contribution in [2.45, 2.75) is 6.42 Å². The molecule has 0 saturated heterocycles. The van der Waals surface area contributed by atoms with Crippen molar-refractivity contribution in [3.05, 3.63) is 11.8 Å². The maximum atomic E-state index is 5.40. The number of hydrogen-bond donors (Lipinski definition) is 1. The Bertz CT molecular complexity index is 114. The predicted octanol–water partition coefficient (Wildman–Crippen LogP) is 0.917. The number of methoxy groups -OCH3 is 1. The Morgan fingerprint density at radius 2 is 2.44 bits per heavy atom. The van der Waals surface area contributed by atoms with Gasteiger partial charge < -0.3 is 10.5 Å². The molecule has 0 aromatic carbocycles. The summed E-state index contributed by atoms with van der Waals surface area (Å²) in [6.07, 6.45) is 3.07. The summed E-state index contributed by atoms with van der Waals surface area (Å²) < 4.78 is 4.89. The summed E-state index contributed by atoms with van der Waals surface area (Å²) in [7, 11) is 1.71. The van der Waals surface area contributed by atoms with E-state index in [0.717, 1.165) is 18.7 Å². The van der Waals surface area contributed by atoms with E-state index in [1.165, 1.54) is 0 Å². The molecule has 1 rings (SSSR count). The van der Waals surface area contributed by atoms with Crippen molar-refractivity contribution in [2.24, 2.45) is 11.7 Å². The first-order valence-corrected chi connectivity index (χ1v) is 2.78. The highest BCUT2D eigenvalue weighted by atomic mass is 35.5. The second-order valence-corrected chi connectivity index (χ2v) is 2.16. The van der Waals surface area contributed by atoms with Gasteiger partial charge >= 0.3 is 0 Å². The van der Waals surface area contributed by atoms with Gasteiger partial charge in [-0.25, -0.2) is 0 Å². The van der Waals surface area contributed by atoms with E-state index in [-0.39, 0.29) is 12.4 Å². The van der Waals surface area contributed by atoms with Gasteiger partial charge in [0.25, 0.3) is 0 Å². The van der Waals surface area contributed by atoms with Gasteiger partial charge in [-0.15, -0.1) is 12.4 Å². The number of allylic oxidation sites excluding steroid dienone is 1. The molecule has 54 valence electrons. The van der Waals surface area contributed by atoms with Crippen LogP contribution in [0.15, 0.2) is 11.8 Å². The van der Waals surface area contributed by atoms with Crippen molar-refractivity contribution in [2.75, 3.05) is 13.7 Å². The zero-order valence-corrected chi connectivity index (χ0v) is 6.28. The van der Waals surface area contributed by atoms with Crippen molar-refractivity contribution in [3.8, 4) is 0 Å². The lowest BCUT2D eigenvalue weighted by Gasteiger charge is -2.20. The number of hydrogen-bond acceptors (Lipinski definition) is 2. The lowest BCUT2D eigenvalue weighted by atomic mass is 9.93. The van der Waals surface area contributed by atoms with Gasteiger partial charge in [0.2, 0.25) is 0 Å². The molecule has 0 spiro atoms. The highest BCUT2D eigenvalue weighted by Gasteiger charge is 2.14. The van der Waals surface area contributed by atoms with Gasteiger partial charge in [-0.05, 0) is 6.42 Å². The van der Waals surface area contributed by atoms with E-state index in [1.807, 2.05) is 6.08 Å². The zero-order chi connectivity index (χ0) is 5.98. The summed E-state index contributed by atoms with van der Waals surface area (Å²) in [5.41, 5.74) is 6.41. The largest absolute Gasteiger partial charge is 0.402 e. The van der Waals surface area contributed by atoms with Gasteiger partial charge in [0.05, 0.1) is 6.61 Å². The molecule has 9 heavy (non-hydrogen) atoms. The van der Waals surface area contributed by atoms with Crippen LogP contribution in [0.5, 0.6) is 0 Å². The van der Waals surface area contributed by atoms with E-state index in [9.17, 15) is 0 Å². The molecule has 0 saturated carbocycles. The summed E-state index contributed by atoms with van der Waals surface area (Å²) in [5, 5.41) is 0. The SMILES string of the molecule is COCC1C=C(N)C1.Cl. The van der Waals surface area contributed by atoms with Gasteiger partial charge in [-0.1, -0.05) is 6.08 Å². The van der Waals surface area contributed by atoms with Gasteiger partial charge in [0.1, 0.15) is 0 Å². The van der Waals surface area contributed by atoms with Crippen LogP contribution < -0.4 is 5.73 Å². The monoisotopic (exact) mass is 149 g/mol. The Balaban J connectivity index is 0.000000640. The number of ether oxygens (including phenoxy) is 1. The van der Waals surface area contributed by atoms with Crippen LogP contribution in [0.2, 0.25) is 0 Å². The molecule has 0 aromatic rings. The molecular formula is C6H12ClNO. The third kappa shape index (κ3) is 2.24. The first-order chi connectivity index (χ1) is 3.83. The molecule has 1 aliphatic carbocycles. The van der Waals surface area contributed by atoms with Gasteiger partial charge in [-0.2, -0.15) is 0 Å². The third-order valence-corrected chi connectivity index (χ3v) is 1.33. The molecule has 1 unspecified atom stereocenters. The second kappa shape index (κ2) is 3.75. The fourth-order valence-electron chi connectivity index (χ4n) is 0.893. The summed E-state index contributed by atoms with van der Waals surface area (Å²) in [6.45, 7) is 0.820. The van der Waals surface area contributed by atoms with Crippen molar-refractivity contribution in [1.82, 2.24) is 0 Å². The summed E-state index contributed by atoms with van der Waals surface area (Å²) in [5.74, 6) is 0.597. The van der Waals surface area contributed by atoms with Crippen LogP contribution in [0.25, 0.3) is 0 Å². The smallest absolute Gasteiger partial charge is 0.0529 e. The summed E-state index contributed by atoms with van der Waals surface area (Å²) in [6, 6.07) is 0. The van der Waals surface area contributed by atoms with Gasteiger partial charge in [0, 0.05) is 18.7 Å². The molecule has 0 radical (unpaired) electrons. The van der Waals surface area contributed by atoms with E-state index < -0.39 is 0 Å². The lowest BCUT2D eigenvalue weighted by molar-refractivity contribution is 0.162. The number of nitrogens with two attached hydrogens (primary N) is 1. The number of rotatable bonds is 2. The van der Waals surface area contributed by atoms with E-state index in [1.54, 1.807) is 7.11 Å². The number of halogens is 1. The van der Waals surface area contributed by atoms with Crippen LogP contribution in [-0.4, -0.2) is 13.7 Å². The zero-order valence-electron chi connectivity index (χ0n) is 5.46. The Morgan fingerprint density at radius 3 is 2.78 bits per heavy atom. The highest BCUT2D eigenvalue weighted by Crippen LogP contribution is 2.20.